The number of aromatic amines is 1. The number of H-pyrrole nitrogens is 1. The van der Waals surface area contributed by atoms with E-state index in [1.165, 1.54) is 4.57 Å². The van der Waals surface area contributed by atoms with E-state index in [0.29, 0.717) is 61.7 Å². The summed E-state index contributed by atoms with van der Waals surface area (Å²) in [5.41, 5.74) is 4.03. The second-order valence-electron chi connectivity index (χ2n) is 10.0. The minimum atomic E-state index is -0.331. The first-order chi connectivity index (χ1) is 19.4. The van der Waals surface area contributed by atoms with Gasteiger partial charge in [0.15, 0.2) is 0 Å². The zero-order valence-electron chi connectivity index (χ0n) is 22.9. The zero-order valence-corrected chi connectivity index (χ0v) is 23.6. The first-order valence-electron chi connectivity index (χ1n) is 13.8. The quantitative estimate of drug-likeness (QED) is 0.322. The normalized spacial score (nSPS) is 13.7. The molecule has 1 aliphatic heterocycles. The molecule has 1 N–H and O–H groups in total. The number of nitrogens with zero attached hydrogens (tertiary/aromatic N) is 4. The molecule has 210 valence electrons. The summed E-state index contributed by atoms with van der Waals surface area (Å²) < 4.78 is 8.57. The molecular formula is C30H34ClN5O4. The van der Waals surface area contributed by atoms with Crippen molar-refractivity contribution in [3.63, 3.8) is 0 Å². The Morgan fingerprint density at radius 2 is 1.62 bits per heavy atom. The highest BCUT2D eigenvalue weighted by Gasteiger charge is 2.22. The average Bonchev–Trinajstić information content (AvgIpc) is 3.42. The summed E-state index contributed by atoms with van der Waals surface area (Å²) in [4.78, 5) is 45.8. The fourth-order valence-electron chi connectivity index (χ4n) is 5.14. The van der Waals surface area contributed by atoms with Gasteiger partial charge in [-0.2, -0.15) is 0 Å². The molecule has 0 radical (unpaired) electrons. The van der Waals surface area contributed by atoms with Crippen molar-refractivity contribution in [1.29, 1.82) is 0 Å². The summed E-state index contributed by atoms with van der Waals surface area (Å²) in [7, 11) is 0. The van der Waals surface area contributed by atoms with Crippen molar-refractivity contribution >= 4 is 34.4 Å². The lowest BCUT2D eigenvalue weighted by atomic mass is 10.1. The topological polar surface area (TPSA) is 92.6 Å². The lowest BCUT2D eigenvalue weighted by molar-refractivity contribution is 0.0942. The Labute approximate surface area is 237 Å². The van der Waals surface area contributed by atoms with Gasteiger partial charge in [-0.3, -0.25) is 13.9 Å². The molecule has 0 atom stereocenters. The highest BCUT2D eigenvalue weighted by molar-refractivity contribution is 6.30. The predicted molar refractivity (Wildman–Crippen MR) is 158 cm³/mol. The van der Waals surface area contributed by atoms with Crippen molar-refractivity contribution in [3.8, 4) is 11.3 Å². The Morgan fingerprint density at radius 1 is 0.925 bits per heavy atom. The van der Waals surface area contributed by atoms with Gasteiger partial charge in [-0.25, -0.2) is 9.59 Å². The van der Waals surface area contributed by atoms with Gasteiger partial charge in [0, 0.05) is 55.7 Å². The fourth-order valence-corrected chi connectivity index (χ4v) is 5.33. The molecule has 0 spiro atoms. The molecule has 0 saturated carbocycles. The molecule has 1 aliphatic rings. The van der Waals surface area contributed by atoms with Crippen LogP contribution in [0, 0.1) is 0 Å². The number of halogens is 1. The highest BCUT2D eigenvalue weighted by Crippen LogP contribution is 2.24. The molecule has 2 aromatic heterocycles. The van der Waals surface area contributed by atoms with E-state index >= 15 is 0 Å². The van der Waals surface area contributed by atoms with Gasteiger partial charge in [-0.1, -0.05) is 55.8 Å². The third-order valence-corrected chi connectivity index (χ3v) is 7.48. The average molecular weight is 564 g/mol. The van der Waals surface area contributed by atoms with E-state index < -0.39 is 0 Å². The smallest absolute Gasteiger partial charge is 0.410 e. The van der Waals surface area contributed by atoms with Crippen LogP contribution in [0.1, 0.15) is 32.3 Å². The fraction of sp³-hybridized carbons (Fsp3) is 0.367. The maximum Gasteiger partial charge on any atom is 0.410 e. The number of fused-ring (bicyclic) bond motifs is 1. The number of hydrogen-bond acceptors (Lipinski definition) is 5. The van der Waals surface area contributed by atoms with E-state index in [-0.39, 0.29) is 23.9 Å². The van der Waals surface area contributed by atoms with Crippen LogP contribution in [-0.4, -0.2) is 51.3 Å². The Morgan fingerprint density at radius 3 is 2.30 bits per heavy atom. The first kappa shape index (κ1) is 27.6. The number of carbonyl (C=O) groups is 1. The number of ether oxygens (including phenoxy) is 1. The van der Waals surface area contributed by atoms with Crippen molar-refractivity contribution in [2.45, 2.75) is 46.4 Å². The van der Waals surface area contributed by atoms with E-state index in [9.17, 15) is 14.4 Å². The van der Waals surface area contributed by atoms with E-state index in [4.69, 9.17) is 16.3 Å². The van der Waals surface area contributed by atoms with Crippen LogP contribution in [0.5, 0.6) is 0 Å². The van der Waals surface area contributed by atoms with Gasteiger partial charge in [-0.15, -0.1) is 0 Å². The molecule has 0 bridgehead atoms. The molecule has 1 saturated heterocycles. The second-order valence-corrected chi connectivity index (χ2v) is 10.5. The molecule has 10 heteroatoms. The third kappa shape index (κ3) is 5.65. The first-order valence-corrected chi connectivity index (χ1v) is 14.1. The van der Waals surface area contributed by atoms with Gasteiger partial charge in [0.2, 0.25) is 0 Å². The van der Waals surface area contributed by atoms with Gasteiger partial charge in [0.05, 0.1) is 5.52 Å². The van der Waals surface area contributed by atoms with Crippen LogP contribution in [0.15, 0.2) is 64.2 Å². The number of rotatable bonds is 8. The molecule has 3 heterocycles. The van der Waals surface area contributed by atoms with Gasteiger partial charge < -0.3 is 19.5 Å². The summed E-state index contributed by atoms with van der Waals surface area (Å²) in [6, 6.07) is 17.2. The molecule has 40 heavy (non-hydrogen) atoms. The number of piperazine rings is 1. The van der Waals surface area contributed by atoms with E-state index in [0.717, 1.165) is 28.9 Å². The Balaban J connectivity index is 1.24. The lowest BCUT2D eigenvalue weighted by Gasteiger charge is -2.35. The van der Waals surface area contributed by atoms with Crippen LogP contribution in [-0.2, 0) is 24.4 Å². The summed E-state index contributed by atoms with van der Waals surface area (Å²) in [6.07, 6.45) is 1.15. The van der Waals surface area contributed by atoms with Gasteiger partial charge in [0.25, 0.3) is 5.56 Å². The predicted octanol–water partition coefficient (Wildman–Crippen LogP) is 5.09. The largest absolute Gasteiger partial charge is 0.445 e. The van der Waals surface area contributed by atoms with Crippen molar-refractivity contribution < 1.29 is 9.53 Å². The van der Waals surface area contributed by atoms with Crippen LogP contribution >= 0.6 is 11.6 Å². The molecule has 1 fully saturated rings. The van der Waals surface area contributed by atoms with Gasteiger partial charge in [0.1, 0.15) is 12.1 Å². The van der Waals surface area contributed by atoms with Crippen LogP contribution in [0.4, 0.5) is 10.5 Å². The Kier molecular flexibility index (Phi) is 8.30. The highest BCUT2D eigenvalue weighted by atomic mass is 35.5. The molecule has 1 amide bonds. The number of hydrogen-bond donors (Lipinski definition) is 1. The monoisotopic (exact) mass is 563 g/mol. The van der Waals surface area contributed by atoms with E-state index in [2.05, 4.69) is 9.88 Å². The summed E-state index contributed by atoms with van der Waals surface area (Å²) in [5, 5.41) is 0.696. The van der Waals surface area contributed by atoms with Gasteiger partial charge >= 0.3 is 11.8 Å². The number of benzene rings is 2. The number of nitrogens with one attached hydrogen (secondary N) is 1. The van der Waals surface area contributed by atoms with Crippen LogP contribution in [0.3, 0.4) is 0 Å². The van der Waals surface area contributed by atoms with Crippen molar-refractivity contribution in [2.75, 3.05) is 31.1 Å². The van der Waals surface area contributed by atoms with Crippen LogP contribution in [0.25, 0.3) is 22.3 Å². The molecule has 0 unspecified atom stereocenters. The molecule has 0 aliphatic carbocycles. The lowest BCUT2D eigenvalue weighted by Crippen LogP contribution is -2.48. The second kappa shape index (κ2) is 12.0. The minimum Gasteiger partial charge on any atom is -0.445 e. The number of aryl methyl sites for hydroxylation is 1. The Bertz CT molecular complexity index is 1610. The summed E-state index contributed by atoms with van der Waals surface area (Å²) in [6.45, 7) is 7.62. The Hall–Kier alpha value is -3.98. The summed E-state index contributed by atoms with van der Waals surface area (Å²) >= 11 is 6.11. The van der Waals surface area contributed by atoms with E-state index in [1.54, 1.807) is 9.47 Å². The summed E-state index contributed by atoms with van der Waals surface area (Å²) in [5.74, 6) is 0. The number of amides is 1. The number of carbonyl (C=O) groups excluding carboxylic acids is 1. The van der Waals surface area contributed by atoms with Crippen molar-refractivity contribution in [1.82, 2.24) is 19.0 Å². The number of aromatic nitrogens is 3. The standard InChI is InChI=1S/C30H34ClN5O4/c1-3-12-35-26-19-25(32-27(26)28(37)36(13-4-2)29(35)38)22-10-8-21(9-11-22)20-40-30(39)34-16-14-33(15-17-34)24-7-5-6-23(31)18-24/h5-11,18-19,32H,3-4,12-17,20H2,1-2H3. The molecule has 9 nitrogen and oxygen atoms in total. The van der Waals surface area contributed by atoms with Crippen LogP contribution < -0.4 is 16.1 Å². The molecule has 2 aromatic carbocycles. The van der Waals surface area contributed by atoms with Crippen molar-refractivity contribution in [3.05, 3.63) is 86.0 Å². The maximum absolute atomic E-state index is 13.0. The van der Waals surface area contributed by atoms with Crippen molar-refractivity contribution in [2.24, 2.45) is 0 Å². The molecule has 5 rings (SSSR count). The molecular weight excluding hydrogens is 530 g/mol. The minimum absolute atomic E-state index is 0.165. The third-order valence-electron chi connectivity index (χ3n) is 7.24. The zero-order chi connectivity index (χ0) is 28.2. The SMILES string of the molecule is CCCn1c(=O)c2[nH]c(-c3ccc(COC(=O)N4CCN(c5cccc(Cl)c5)CC4)cc3)cc2n(CCC)c1=O. The van der Waals surface area contributed by atoms with Gasteiger partial charge in [-0.05, 0) is 48.2 Å². The maximum atomic E-state index is 13.0. The van der Waals surface area contributed by atoms with E-state index in [1.807, 2.05) is 68.4 Å². The van der Waals surface area contributed by atoms with Crippen LogP contribution in [0.2, 0.25) is 5.02 Å². The number of anilines is 1. The molecule has 4 aromatic rings.